The first-order valence-electron chi connectivity index (χ1n) is 8.52. The van der Waals surface area contributed by atoms with E-state index in [1.807, 2.05) is 0 Å². The molecule has 0 saturated carbocycles. The number of likely N-dealkylation sites (tertiary alicyclic amines) is 1. The Kier molecular flexibility index (Phi) is 5.46. The number of hydrogen-bond donors (Lipinski definition) is 0. The summed E-state index contributed by atoms with van der Waals surface area (Å²) >= 11 is 0. The lowest BCUT2D eigenvalue weighted by Crippen LogP contribution is -2.54. The number of hydrogen-bond acceptors (Lipinski definition) is 5. The van der Waals surface area contributed by atoms with E-state index in [2.05, 4.69) is 9.97 Å². The zero-order valence-electron chi connectivity index (χ0n) is 14.9. The number of carbonyl (C=O) groups excluding carboxylic acids is 1. The number of ether oxygens (including phenoxy) is 2. The number of benzene rings is 1. The van der Waals surface area contributed by atoms with Gasteiger partial charge in [0, 0.05) is 19.9 Å². The SMILES string of the molecule is COC1(COc2ccc(F)cc2)CCCN(C(=O)c2cncnc2C)C1. The van der Waals surface area contributed by atoms with E-state index >= 15 is 0 Å². The molecule has 2 heterocycles. The average molecular weight is 359 g/mol. The fraction of sp³-hybridized carbons (Fsp3) is 0.421. The zero-order valence-corrected chi connectivity index (χ0v) is 14.9. The zero-order chi connectivity index (χ0) is 18.6. The molecular weight excluding hydrogens is 337 g/mol. The topological polar surface area (TPSA) is 64.6 Å². The Bertz CT molecular complexity index is 769. The summed E-state index contributed by atoms with van der Waals surface area (Å²) in [5, 5.41) is 0. The quantitative estimate of drug-likeness (QED) is 0.821. The standard InChI is InChI=1S/C19H22FN3O3/c1-14-17(10-21-13-22-14)18(24)23-9-3-8-19(11-23,25-2)12-26-16-6-4-15(20)5-7-16/h4-7,10,13H,3,8-9,11-12H2,1-2H3. The van der Waals surface area contributed by atoms with Crippen molar-refractivity contribution in [1.29, 1.82) is 0 Å². The van der Waals surface area contributed by atoms with Gasteiger partial charge in [0.2, 0.25) is 0 Å². The van der Waals surface area contributed by atoms with Crippen molar-refractivity contribution < 1.29 is 18.7 Å². The molecule has 1 fully saturated rings. The van der Waals surface area contributed by atoms with Gasteiger partial charge in [0.25, 0.3) is 5.91 Å². The van der Waals surface area contributed by atoms with Crippen LogP contribution in [-0.2, 0) is 4.74 Å². The number of methoxy groups -OCH3 is 1. The predicted molar refractivity (Wildman–Crippen MR) is 93.5 cm³/mol. The maximum absolute atomic E-state index is 13.0. The minimum absolute atomic E-state index is 0.106. The molecule has 0 spiro atoms. The van der Waals surface area contributed by atoms with Crippen LogP contribution in [0.1, 0.15) is 28.9 Å². The molecule has 1 aromatic carbocycles. The fourth-order valence-corrected chi connectivity index (χ4v) is 3.13. The van der Waals surface area contributed by atoms with Crippen LogP contribution in [0.2, 0.25) is 0 Å². The highest BCUT2D eigenvalue weighted by Gasteiger charge is 2.38. The monoisotopic (exact) mass is 359 g/mol. The van der Waals surface area contributed by atoms with Crippen LogP contribution in [0.25, 0.3) is 0 Å². The summed E-state index contributed by atoms with van der Waals surface area (Å²) < 4.78 is 24.6. The number of amides is 1. The molecule has 0 aliphatic carbocycles. The molecule has 26 heavy (non-hydrogen) atoms. The van der Waals surface area contributed by atoms with Gasteiger partial charge >= 0.3 is 0 Å². The number of aromatic nitrogens is 2. The van der Waals surface area contributed by atoms with E-state index in [0.717, 1.165) is 12.8 Å². The normalized spacial score (nSPS) is 20.0. The van der Waals surface area contributed by atoms with Crippen molar-refractivity contribution in [2.45, 2.75) is 25.4 Å². The first-order valence-corrected chi connectivity index (χ1v) is 8.52. The van der Waals surface area contributed by atoms with Gasteiger partial charge in [0.1, 0.15) is 30.1 Å². The second-order valence-corrected chi connectivity index (χ2v) is 6.48. The van der Waals surface area contributed by atoms with Crippen LogP contribution in [-0.4, -0.2) is 53.2 Å². The summed E-state index contributed by atoms with van der Waals surface area (Å²) in [6.07, 6.45) is 4.55. The number of aryl methyl sites for hydroxylation is 1. The van der Waals surface area contributed by atoms with E-state index in [-0.39, 0.29) is 18.3 Å². The highest BCUT2D eigenvalue weighted by Crippen LogP contribution is 2.27. The van der Waals surface area contributed by atoms with Gasteiger partial charge < -0.3 is 14.4 Å². The molecule has 7 heteroatoms. The number of nitrogens with zero attached hydrogens (tertiary/aromatic N) is 3. The van der Waals surface area contributed by atoms with Crippen LogP contribution < -0.4 is 4.74 Å². The Balaban J connectivity index is 1.71. The van der Waals surface area contributed by atoms with E-state index in [4.69, 9.17) is 9.47 Å². The molecule has 2 aromatic rings. The number of halogens is 1. The van der Waals surface area contributed by atoms with Gasteiger partial charge in [0.05, 0.1) is 17.8 Å². The molecule has 1 atom stereocenters. The van der Waals surface area contributed by atoms with E-state index in [9.17, 15) is 9.18 Å². The van der Waals surface area contributed by atoms with Crippen LogP contribution in [0.15, 0.2) is 36.8 Å². The molecule has 1 aromatic heterocycles. The predicted octanol–water partition coefficient (Wildman–Crippen LogP) is 2.62. The van der Waals surface area contributed by atoms with Gasteiger partial charge in [-0.1, -0.05) is 0 Å². The summed E-state index contributed by atoms with van der Waals surface area (Å²) in [7, 11) is 1.62. The second-order valence-electron chi connectivity index (χ2n) is 6.48. The van der Waals surface area contributed by atoms with Gasteiger partial charge in [0.15, 0.2) is 0 Å². The number of carbonyl (C=O) groups is 1. The summed E-state index contributed by atoms with van der Waals surface area (Å²) in [4.78, 5) is 22.6. The third kappa shape index (κ3) is 3.99. The Hall–Kier alpha value is -2.54. The first kappa shape index (κ1) is 18.3. The molecule has 3 rings (SSSR count). The smallest absolute Gasteiger partial charge is 0.257 e. The molecule has 1 amide bonds. The van der Waals surface area contributed by atoms with Crippen LogP contribution in [0.3, 0.4) is 0 Å². The molecule has 138 valence electrons. The molecule has 1 aliphatic rings. The van der Waals surface area contributed by atoms with Gasteiger partial charge in [-0.15, -0.1) is 0 Å². The van der Waals surface area contributed by atoms with Crippen molar-refractivity contribution in [1.82, 2.24) is 14.9 Å². The minimum Gasteiger partial charge on any atom is -0.491 e. The van der Waals surface area contributed by atoms with Crippen LogP contribution >= 0.6 is 0 Å². The van der Waals surface area contributed by atoms with Crippen molar-refractivity contribution >= 4 is 5.91 Å². The van der Waals surface area contributed by atoms with E-state index in [1.165, 1.54) is 18.5 Å². The third-order valence-electron chi connectivity index (χ3n) is 4.72. The third-order valence-corrected chi connectivity index (χ3v) is 4.72. The fourth-order valence-electron chi connectivity index (χ4n) is 3.13. The van der Waals surface area contributed by atoms with Gasteiger partial charge in [-0.05, 0) is 44.0 Å². The largest absolute Gasteiger partial charge is 0.491 e. The highest BCUT2D eigenvalue weighted by molar-refractivity contribution is 5.95. The molecular formula is C19H22FN3O3. The lowest BCUT2D eigenvalue weighted by atomic mass is 9.92. The van der Waals surface area contributed by atoms with Gasteiger partial charge in [-0.2, -0.15) is 0 Å². The van der Waals surface area contributed by atoms with Gasteiger partial charge in [-0.25, -0.2) is 14.4 Å². The Morgan fingerprint density at radius 2 is 2.12 bits per heavy atom. The van der Waals surface area contributed by atoms with Crippen LogP contribution in [0, 0.1) is 12.7 Å². The summed E-state index contributed by atoms with van der Waals surface area (Å²) in [6.45, 7) is 3.13. The Morgan fingerprint density at radius 3 is 2.81 bits per heavy atom. The summed E-state index contributed by atoms with van der Waals surface area (Å²) in [6, 6.07) is 5.86. The van der Waals surface area contributed by atoms with E-state index in [0.29, 0.717) is 30.1 Å². The molecule has 0 radical (unpaired) electrons. The minimum atomic E-state index is -0.605. The van der Waals surface area contributed by atoms with Gasteiger partial charge in [-0.3, -0.25) is 4.79 Å². The van der Waals surface area contributed by atoms with Crippen molar-refractivity contribution in [2.24, 2.45) is 0 Å². The molecule has 0 N–H and O–H groups in total. The molecule has 1 saturated heterocycles. The van der Waals surface area contributed by atoms with E-state index in [1.54, 1.807) is 37.3 Å². The molecule has 1 aliphatic heterocycles. The van der Waals surface area contributed by atoms with Crippen LogP contribution in [0.4, 0.5) is 4.39 Å². The van der Waals surface area contributed by atoms with Crippen molar-refractivity contribution in [2.75, 3.05) is 26.8 Å². The number of rotatable bonds is 5. The van der Waals surface area contributed by atoms with Crippen molar-refractivity contribution in [3.63, 3.8) is 0 Å². The van der Waals surface area contributed by atoms with Crippen LogP contribution in [0.5, 0.6) is 5.75 Å². The Labute approximate surface area is 152 Å². The number of piperidine rings is 1. The maximum Gasteiger partial charge on any atom is 0.257 e. The lowest BCUT2D eigenvalue weighted by Gasteiger charge is -2.41. The average Bonchev–Trinajstić information content (AvgIpc) is 2.67. The van der Waals surface area contributed by atoms with E-state index < -0.39 is 5.60 Å². The Morgan fingerprint density at radius 1 is 1.35 bits per heavy atom. The lowest BCUT2D eigenvalue weighted by molar-refractivity contribution is -0.0825. The summed E-state index contributed by atoms with van der Waals surface area (Å²) in [5.74, 6) is 0.151. The summed E-state index contributed by atoms with van der Waals surface area (Å²) in [5.41, 5.74) is 0.547. The maximum atomic E-state index is 13.0. The molecule has 6 nitrogen and oxygen atoms in total. The first-order chi connectivity index (χ1) is 12.5. The van der Waals surface area contributed by atoms with Crippen molar-refractivity contribution in [3.05, 3.63) is 53.9 Å². The highest BCUT2D eigenvalue weighted by atomic mass is 19.1. The molecule has 0 bridgehead atoms. The van der Waals surface area contributed by atoms with Crippen molar-refractivity contribution in [3.8, 4) is 5.75 Å². The second kappa shape index (κ2) is 7.78. The molecule has 1 unspecified atom stereocenters.